The molecule has 1 saturated heterocycles. The summed E-state index contributed by atoms with van der Waals surface area (Å²) in [6.07, 6.45) is -4.41. The van der Waals surface area contributed by atoms with Gasteiger partial charge in [-0.25, -0.2) is 0 Å². The highest BCUT2D eigenvalue weighted by Gasteiger charge is 2.47. The summed E-state index contributed by atoms with van der Waals surface area (Å²) in [5, 5.41) is 4.66. The van der Waals surface area contributed by atoms with Crippen LogP contribution in [0.15, 0.2) is 78.9 Å². The number of likely N-dealkylation sites (N-methyl/N-ethyl adjacent to an activating group) is 1. The van der Waals surface area contributed by atoms with Gasteiger partial charge in [0.25, 0.3) is 0 Å². The lowest BCUT2D eigenvalue weighted by Gasteiger charge is -2.37. The molecule has 1 aliphatic rings. The van der Waals surface area contributed by atoms with Gasteiger partial charge in [0.2, 0.25) is 17.7 Å². The number of alkyl halides is 3. The summed E-state index contributed by atoms with van der Waals surface area (Å²) in [5.41, 5.74) is -1.08. The third kappa shape index (κ3) is 9.41. The van der Waals surface area contributed by atoms with Crippen molar-refractivity contribution in [2.24, 2.45) is 5.92 Å². The van der Waals surface area contributed by atoms with Crippen molar-refractivity contribution >= 4 is 41.2 Å². The van der Waals surface area contributed by atoms with Crippen LogP contribution >= 0.6 is 11.6 Å². The van der Waals surface area contributed by atoms with Gasteiger partial charge in [-0.2, -0.15) is 13.2 Å². The van der Waals surface area contributed by atoms with Crippen molar-refractivity contribution in [3.8, 4) is 0 Å². The molecule has 0 aliphatic carbocycles. The van der Waals surface area contributed by atoms with Gasteiger partial charge in [0, 0.05) is 41.9 Å². The molecule has 3 aromatic rings. The molecule has 0 bridgehead atoms. The molecule has 0 saturated carbocycles. The smallest absolute Gasteiger partial charge is 0.444 e. The Morgan fingerprint density at radius 2 is 1.43 bits per heavy atom. The van der Waals surface area contributed by atoms with Gasteiger partial charge >= 0.3 is 18.1 Å². The summed E-state index contributed by atoms with van der Waals surface area (Å²) in [6.45, 7) is 8.12. The molecule has 4 amide bonds. The summed E-state index contributed by atoms with van der Waals surface area (Å²) in [6, 6.07) is 20.6. The summed E-state index contributed by atoms with van der Waals surface area (Å²) >= 11 is 6.82. The lowest BCUT2D eigenvalue weighted by Crippen LogP contribution is -2.63. The molecule has 2 N–H and O–H groups in total. The molecule has 1 unspecified atom stereocenters. The van der Waals surface area contributed by atoms with Crippen LogP contribution in [-0.2, 0) is 34.3 Å². The molecule has 0 spiro atoms. The van der Waals surface area contributed by atoms with Gasteiger partial charge in [-0.3, -0.25) is 24.0 Å². The second-order valence-electron chi connectivity index (χ2n) is 14.3. The maximum Gasteiger partial charge on any atom is 0.471 e. The predicted molar refractivity (Wildman–Crippen MR) is 197 cm³/mol. The second-order valence-corrected chi connectivity index (χ2v) is 14.8. The van der Waals surface area contributed by atoms with Gasteiger partial charge in [0.1, 0.15) is 17.6 Å². The summed E-state index contributed by atoms with van der Waals surface area (Å²) < 4.78 is 45.7. The minimum absolute atomic E-state index is 0.314. The number of amides is 4. The molecule has 10 nitrogen and oxygen atoms in total. The zero-order valence-corrected chi connectivity index (χ0v) is 31.9. The molecule has 1 aliphatic heterocycles. The van der Waals surface area contributed by atoms with Crippen molar-refractivity contribution in [2.45, 2.75) is 83.3 Å². The van der Waals surface area contributed by atoms with E-state index in [9.17, 15) is 37.1 Å². The quantitative estimate of drug-likeness (QED) is 0.164. The van der Waals surface area contributed by atoms with E-state index < -0.39 is 71.3 Å². The lowest BCUT2D eigenvalue weighted by atomic mass is 9.79. The van der Waals surface area contributed by atoms with Crippen LogP contribution in [0.5, 0.6) is 0 Å². The molecular weight excluding hydrogens is 725 g/mol. The monoisotopic (exact) mass is 770 g/mol. The van der Waals surface area contributed by atoms with Gasteiger partial charge < -0.3 is 25.2 Å². The number of hydrogen-bond acceptors (Lipinski definition) is 6. The number of aryl methyl sites for hydroxylation is 1. The van der Waals surface area contributed by atoms with Crippen LogP contribution in [0.3, 0.4) is 0 Å². The Bertz CT molecular complexity index is 1830. The van der Waals surface area contributed by atoms with Crippen molar-refractivity contribution < 1.29 is 41.9 Å². The average molecular weight is 771 g/mol. The van der Waals surface area contributed by atoms with Crippen LogP contribution in [0, 0.1) is 12.8 Å². The molecule has 3 aromatic carbocycles. The standard InChI is InChI=1S/C40H46ClF3N4O6/c1-25(2)33(47(6)37(53)38(4,5)46-36(52)40(42,43)44)34(50)45-31(35(51)48-22-12-13-23-48)24-32(49)54-39(27-14-8-7-9-15-27,28-20-18-26(3)19-21-28)29-16-10-11-17-30(29)41/h7-11,14-21,25,31,33H,12-13,22-24H2,1-6H3,(H,45,50)(H,46,52)/t31-,33-,39?/m0/s1. The number of rotatable bonds is 13. The van der Waals surface area contributed by atoms with E-state index in [1.807, 2.05) is 37.3 Å². The number of carbonyl (C=O) groups is 5. The van der Waals surface area contributed by atoms with E-state index in [0.717, 1.165) is 37.2 Å². The number of halogens is 4. The van der Waals surface area contributed by atoms with E-state index in [0.29, 0.717) is 34.8 Å². The number of likely N-dealkylation sites (tertiary alicyclic amines) is 1. The molecule has 290 valence electrons. The number of nitrogens with one attached hydrogen (secondary N) is 2. The molecule has 4 rings (SSSR count). The molecule has 14 heteroatoms. The Hall–Kier alpha value is -4.91. The SMILES string of the molecule is Cc1ccc(C(OC(=O)C[C@H](NC(=O)[C@H](C(C)C)N(C)C(=O)C(C)(C)NC(=O)C(F)(F)F)C(=O)N2CCCC2)(c2ccccc2)c2ccccc2Cl)cc1. The summed E-state index contributed by atoms with van der Waals surface area (Å²) in [4.78, 5) is 70.1. The molecule has 3 atom stereocenters. The van der Waals surface area contributed by atoms with Crippen LogP contribution in [-0.4, -0.2) is 83.3 Å². The number of nitrogens with zero attached hydrogens (tertiary/aromatic N) is 2. The minimum Gasteiger partial charge on any atom is -0.444 e. The topological polar surface area (TPSA) is 125 Å². The van der Waals surface area contributed by atoms with E-state index >= 15 is 0 Å². The van der Waals surface area contributed by atoms with Crippen molar-refractivity contribution in [1.29, 1.82) is 0 Å². The zero-order valence-electron chi connectivity index (χ0n) is 31.1. The maximum absolute atomic E-state index is 14.3. The molecule has 54 heavy (non-hydrogen) atoms. The fourth-order valence-electron chi connectivity index (χ4n) is 6.75. The number of ether oxygens (including phenoxy) is 1. The van der Waals surface area contributed by atoms with E-state index in [-0.39, 0.29) is 0 Å². The van der Waals surface area contributed by atoms with Gasteiger partial charge in [-0.05, 0) is 45.6 Å². The van der Waals surface area contributed by atoms with E-state index in [4.69, 9.17) is 16.3 Å². The molecule has 0 aromatic heterocycles. The van der Waals surface area contributed by atoms with E-state index in [2.05, 4.69) is 5.32 Å². The van der Waals surface area contributed by atoms with Crippen LogP contribution in [0.25, 0.3) is 0 Å². The first-order valence-electron chi connectivity index (χ1n) is 17.6. The predicted octanol–water partition coefficient (Wildman–Crippen LogP) is 5.92. The van der Waals surface area contributed by atoms with Gasteiger partial charge in [-0.1, -0.05) is 104 Å². The Labute approximate surface area is 318 Å². The number of carbonyl (C=O) groups excluding carboxylic acids is 5. The molecule has 0 radical (unpaired) electrons. The van der Waals surface area contributed by atoms with E-state index in [1.165, 1.54) is 11.9 Å². The lowest BCUT2D eigenvalue weighted by molar-refractivity contribution is -0.176. The minimum atomic E-state index is -5.24. The Kier molecular flexibility index (Phi) is 13.2. The fraction of sp³-hybridized carbons (Fsp3) is 0.425. The third-order valence-corrected chi connectivity index (χ3v) is 9.75. The first-order valence-corrected chi connectivity index (χ1v) is 18.0. The Morgan fingerprint density at radius 1 is 0.870 bits per heavy atom. The largest absolute Gasteiger partial charge is 0.471 e. The van der Waals surface area contributed by atoms with Crippen LogP contribution in [0.4, 0.5) is 13.2 Å². The van der Waals surface area contributed by atoms with Crippen LogP contribution < -0.4 is 10.6 Å². The first kappa shape index (κ1) is 41.8. The van der Waals surface area contributed by atoms with Crippen LogP contribution in [0.1, 0.15) is 69.2 Å². The zero-order chi connectivity index (χ0) is 40.0. The van der Waals surface area contributed by atoms with E-state index in [1.54, 1.807) is 67.7 Å². The maximum atomic E-state index is 14.3. The second kappa shape index (κ2) is 17.0. The fourth-order valence-corrected chi connectivity index (χ4v) is 7.02. The highest BCUT2D eigenvalue weighted by molar-refractivity contribution is 6.31. The Morgan fingerprint density at radius 3 is 1.98 bits per heavy atom. The average Bonchev–Trinajstić information content (AvgIpc) is 3.65. The van der Waals surface area contributed by atoms with Crippen molar-refractivity contribution in [3.63, 3.8) is 0 Å². The van der Waals surface area contributed by atoms with Crippen LogP contribution in [0.2, 0.25) is 5.02 Å². The number of benzene rings is 3. The van der Waals surface area contributed by atoms with Gasteiger partial charge in [-0.15, -0.1) is 0 Å². The molecule has 1 heterocycles. The van der Waals surface area contributed by atoms with Gasteiger partial charge in [0.05, 0.1) is 6.42 Å². The summed E-state index contributed by atoms with van der Waals surface area (Å²) in [5.74, 6) is -6.13. The van der Waals surface area contributed by atoms with Crippen molar-refractivity contribution in [1.82, 2.24) is 20.4 Å². The molecular formula is C40H46ClF3N4O6. The third-order valence-electron chi connectivity index (χ3n) is 9.42. The normalized spacial score (nSPS) is 15.5. The van der Waals surface area contributed by atoms with Crippen molar-refractivity contribution in [3.05, 3.63) is 106 Å². The first-order chi connectivity index (χ1) is 25.3. The van der Waals surface area contributed by atoms with Gasteiger partial charge in [0.15, 0.2) is 5.60 Å². The Balaban J connectivity index is 1.72. The number of hydrogen-bond donors (Lipinski definition) is 2. The molecule has 1 fully saturated rings. The van der Waals surface area contributed by atoms with Crippen molar-refractivity contribution in [2.75, 3.05) is 20.1 Å². The highest BCUT2D eigenvalue weighted by atomic mass is 35.5. The highest BCUT2D eigenvalue weighted by Crippen LogP contribution is 2.44. The number of esters is 1. The summed E-state index contributed by atoms with van der Waals surface area (Å²) in [7, 11) is 1.22.